The third-order valence-corrected chi connectivity index (χ3v) is 2.58. The summed E-state index contributed by atoms with van der Waals surface area (Å²) in [5, 5.41) is 19.8. The molecule has 0 fully saturated rings. The highest BCUT2D eigenvalue weighted by Gasteiger charge is 2.15. The number of hydrogen-bond donors (Lipinski definition) is 2. The molecule has 9 nitrogen and oxygen atoms in total. The van der Waals surface area contributed by atoms with Gasteiger partial charge in [-0.05, 0) is 22.3 Å². The minimum Gasteiger partial charge on any atom is -0.379 e. The summed E-state index contributed by atoms with van der Waals surface area (Å²) in [5.41, 5.74) is 6.21. The van der Waals surface area contributed by atoms with Crippen molar-refractivity contribution < 1.29 is 14.3 Å². The maximum atomic E-state index is 11.6. The molecule has 1 amide bonds. The number of nitrogens with one attached hydrogen (secondary N) is 1. The second-order valence-corrected chi connectivity index (χ2v) is 3.93. The molecule has 2 rings (SSSR count). The SMILES string of the molecule is Nc1nonc1C(=O)NCCc1ccc([N+](=O)[O-])cc1. The Labute approximate surface area is 112 Å². The zero-order chi connectivity index (χ0) is 14.5. The van der Waals surface area contributed by atoms with E-state index in [-0.39, 0.29) is 17.2 Å². The number of carbonyl (C=O) groups is 1. The summed E-state index contributed by atoms with van der Waals surface area (Å²) in [5.74, 6) is -0.552. The largest absolute Gasteiger partial charge is 0.379 e. The molecule has 0 aliphatic rings. The van der Waals surface area contributed by atoms with Crippen LogP contribution in [0, 0.1) is 10.1 Å². The lowest BCUT2D eigenvalue weighted by Crippen LogP contribution is -2.26. The first-order valence-corrected chi connectivity index (χ1v) is 5.67. The predicted molar refractivity (Wildman–Crippen MR) is 67.8 cm³/mol. The molecule has 0 saturated carbocycles. The monoisotopic (exact) mass is 277 g/mol. The normalized spacial score (nSPS) is 10.2. The molecular formula is C11H11N5O4. The number of amides is 1. The number of anilines is 1. The van der Waals surface area contributed by atoms with Gasteiger partial charge >= 0.3 is 0 Å². The molecule has 0 radical (unpaired) electrons. The van der Waals surface area contributed by atoms with E-state index in [1.54, 1.807) is 12.1 Å². The van der Waals surface area contributed by atoms with Gasteiger partial charge in [-0.25, -0.2) is 4.63 Å². The molecule has 1 heterocycles. The van der Waals surface area contributed by atoms with Crippen LogP contribution in [0.5, 0.6) is 0 Å². The number of aromatic nitrogens is 2. The number of carbonyl (C=O) groups excluding carboxylic acids is 1. The molecule has 20 heavy (non-hydrogen) atoms. The predicted octanol–water partition coefficient (Wildman–Crippen LogP) is 0.532. The van der Waals surface area contributed by atoms with Crippen molar-refractivity contribution in [3.63, 3.8) is 0 Å². The summed E-state index contributed by atoms with van der Waals surface area (Å²) in [6.07, 6.45) is 0.523. The molecule has 9 heteroatoms. The van der Waals surface area contributed by atoms with Crippen LogP contribution in [0.2, 0.25) is 0 Å². The van der Waals surface area contributed by atoms with Crippen LogP contribution in [-0.4, -0.2) is 27.7 Å². The minimum atomic E-state index is -0.481. The molecular weight excluding hydrogens is 266 g/mol. The van der Waals surface area contributed by atoms with E-state index in [1.165, 1.54) is 12.1 Å². The molecule has 0 atom stereocenters. The fourth-order valence-electron chi connectivity index (χ4n) is 1.54. The molecule has 3 N–H and O–H groups in total. The van der Waals surface area contributed by atoms with Gasteiger partial charge in [0.05, 0.1) is 4.92 Å². The Balaban J connectivity index is 1.85. The van der Waals surface area contributed by atoms with Crippen molar-refractivity contribution in [3.05, 3.63) is 45.6 Å². The summed E-state index contributed by atoms with van der Waals surface area (Å²) in [6, 6.07) is 6.10. The number of hydrogen-bond acceptors (Lipinski definition) is 7. The second kappa shape index (κ2) is 5.78. The van der Waals surface area contributed by atoms with Gasteiger partial charge < -0.3 is 11.1 Å². The molecule has 0 aliphatic carbocycles. The van der Waals surface area contributed by atoms with Crippen molar-refractivity contribution in [1.82, 2.24) is 15.6 Å². The van der Waals surface area contributed by atoms with Crippen molar-refractivity contribution in [3.8, 4) is 0 Å². The quantitative estimate of drug-likeness (QED) is 0.600. The van der Waals surface area contributed by atoms with Gasteiger partial charge in [0.1, 0.15) is 0 Å². The minimum absolute atomic E-state index is 0.0271. The van der Waals surface area contributed by atoms with E-state index in [0.29, 0.717) is 13.0 Å². The van der Waals surface area contributed by atoms with Crippen LogP contribution in [0.1, 0.15) is 16.1 Å². The standard InChI is InChI=1S/C11H11N5O4/c12-10-9(14-20-15-10)11(17)13-6-5-7-1-3-8(4-2-7)16(18)19/h1-4H,5-6H2,(H2,12,15)(H,13,17). The Hall–Kier alpha value is -2.97. The van der Waals surface area contributed by atoms with Crippen LogP contribution in [0.3, 0.4) is 0 Å². The average Bonchev–Trinajstić information content (AvgIpc) is 2.85. The first-order chi connectivity index (χ1) is 9.58. The van der Waals surface area contributed by atoms with E-state index in [4.69, 9.17) is 5.73 Å². The van der Waals surface area contributed by atoms with Crippen molar-refractivity contribution in [1.29, 1.82) is 0 Å². The van der Waals surface area contributed by atoms with E-state index in [9.17, 15) is 14.9 Å². The van der Waals surface area contributed by atoms with Crippen molar-refractivity contribution in [2.24, 2.45) is 0 Å². The van der Waals surface area contributed by atoms with Gasteiger partial charge in [-0.15, -0.1) is 0 Å². The maximum absolute atomic E-state index is 11.6. The van der Waals surface area contributed by atoms with Crippen LogP contribution in [0.4, 0.5) is 11.5 Å². The van der Waals surface area contributed by atoms with Gasteiger partial charge in [0.2, 0.25) is 11.5 Å². The number of nitro benzene ring substituents is 1. The Bertz CT molecular complexity index is 622. The molecule has 0 spiro atoms. The maximum Gasteiger partial charge on any atom is 0.277 e. The van der Waals surface area contributed by atoms with Gasteiger partial charge in [0.25, 0.3) is 11.6 Å². The first-order valence-electron chi connectivity index (χ1n) is 5.67. The zero-order valence-electron chi connectivity index (χ0n) is 10.3. The topological polar surface area (TPSA) is 137 Å². The molecule has 0 aliphatic heterocycles. The zero-order valence-corrected chi connectivity index (χ0v) is 10.3. The van der Waals surface area contributed by atoms with Crippen LogP contribution >= 0.6 is 0 Å². The number of nitrogen functional groups attached to an aromatic ring is 1. The number of nitrogens with zero attached hydrogens (tertiary/aromatic N) is 3. The highest BCUT2D eigenvalue weighted by molar-refractivity contribution is 5.95. The van der Waals surface area contributed by atoms with Gasteiger partial charge in [0.15, 0.2) is 0 Å². The fourth-order valence-corrected chi connectivity index (χ4v) is 1.54. The van der Waals surface area contributed by atoms with E-state index < -0.39 is 10.8 Å². The summed E-state index contributed by atoms with van der Waals surface area (Å²) >= 11 is 0. The summed E-state index contributed by atoms with van der Waals surface area (Å²) in [7, 11) is 0. The van der Waals surface area contributed by atoms with Crippen LogP contribution in [0.15, 0.2) is 28.9 Å². The summed E-state index contributed by atoms with van der Waals surface area (Å²) < 4.78 is 4.32. The Morgan fingerprint density at radius 2 is 2.05 bits per heavy atom. The second-order valence-electron chi connectivity index (χ2n) is 3.93. The molecule has 104 valence electrons. The van der Waals surface area contributed by atoms with Crippen LogP contribution in [-0.2, 0) is 6.42 Å². The van der Waals surface area contributed by atoms with Crippen LogP contribution in [0.25, 0.3) is 0 Å². The van der Waals surface area contributed by atoms with E-state index >= 15 is 0 Å². The molecule has 1 aromatic carbocycles. The van der Waals surface area contributed by atoms with Gasteiger partial charge in [-0.2, -0.15) is 0 Å². The number of nitro groups is 1. The van der Waals surface area contributed by atoms with Gasteiger partial charge in [-0.1, -0.05) is 12.1 Å². The first kappa shape index (κ1) is 13.5. The number of nitrogens with two attached hydrogens (primary N) is 1. The molecule has 0 unspecified atom stereocenters. The van der Waals surface area contributed by atoms with E-state index in [0.717, 1.165) is 5.56 Å². The Morgan fingerprint density at radius 3 is 2.60 bits per heavy atom. The highest BCUT2D eigenvalue weighted by atomic mass is 16.6. The van der Waals surface area contributed by atoms with Crippen LogP contribution < -0.4 is 11.1 Å². The smallest absolute Gasteiger partial charge is 0.277 e. The van der Waals surface area contributed by atoms with Crippen molar-refractivity contribution >= 4 is 17.4 Å². The molecule has 1 aromatic heterocycles. The Morgan fingerprint density at radius 1 is 1.35 bits per heavy atom. The number of non-ortho nitro benzene ring substituents is 1. The van der Waals surface area contributed by atoms with Crippen molar-refractivity contribution in [2.75, 3.05) is 12.3 Å². The lowest BCUT2D eigenvalue weighted by molar-refractivity contribution is -0.384. The lowest BCUT2D eigenvalue weighted by Gasteiger charge is -2.03. The van der Waals surface area contributed by atoms with Crippen molar-refractivity contribution in [2.45, 2.75) is 6.42 Å². The molecule has 2 aromatic rings. The van der Waals surface area contributed by atoms with E-state index in [2.05, 4.69) is 20.3 Å². The summed E-state index contributed by atoms with van der Waals surface area (Å²) in [4.78, 5) is 21.6. The van der Waals surface area contributed by atoms with Gasteiger partial charge in [-0.3, -0.25) is 14.9 Å². The third-order valence-electron chi connectivity index (χ3n) is 2.58. The number of rotatable bonds is 5. The lowest BCUT2D eigenvalue weighted by atomic mass is 10.1. The highest BCUT2D eigenvalue weighted by Crippen LogP contribution is 2.12. The molecule has 0 bridgehead atoms. The fraction of sp³-hybridized carbons (Fsp3) is 0.182. The van der Waals surface area contributed by atoms with Gasteiger partial charge in [0, 0.05) is 18.7 Å². The average molecular weight is 277 g/mol. The molecule has 0 saturated heterocycles. The van der Waals surface area contributed by atoms with E-state index in [1.807, 2.05) is 0 Å². The number of benzene rings is 1. The summed E-state index contributed by atoms with van der Waals surface area (Å²) in [6.45, 7) is 0.336. The third kappa shape index (κ3) is 3.07. The Kier molecular flexibility index (Phi) is 3.89.